The van der Waals surface area contributed by atoms with E-state index in [1.807, 2.05) is 24.3 Å². The molecule has 30 heavy (non-hydrogen) atoms. The number of nitrogens with one attached hydrogen (secondary N) is 1. The number of nitrogens with zero attached hydrogens (tertiary/aromatic N) is 1. The second-order valence-corrected chi connectivity index (χ2v) is 8.57. The van der Waals surface area contributed by atoms with Gasteiger partial charge in [0.1, 0.15) is 11.5 Å². The molecule has 1 aliphatic heterocycles. The van der Waals surface area contributed by atoms with E-state index in [2.05, 4.69) is 5.32 Å². The summed E-state index contributed by atoms with van der Waals surface area (Å²) in [5.74, 6) is 0.823. The van der Waals surface area contributed by atoms with E-state index in [0.717, 1.165) is 5.56 Å². The summed E-state index contributed by atoms with van der Waals surface area (Å²) in [7, 11) is 0. The van der Waals surface area contributed by atoms with Gasteiger partial charge >= 0.3 is 0 Å². The molecular weight excluding hydrogens is 440 g/mol. The lowest BCUT2D eigenvalue weighted by Crippen LogP contribution is -2.27. The number of benzene rings is 2. The number of halogens is 1. The van der Waals surface area contributed by atoms with Crippen molar-refractivity contribution in [2.75, 3.05) is 10.2 Å². The number of carbonyl (C=O) groups is 2. The maximum absolute atomic E-state index is 12.9. The first-order valence-electron chi connectivity index (χ1n) is 8.92. The molecule has 150 valence electrons. The van der Waals surface area contributed by atoms with Crippen LogP contribution in [0.5, 0.6) is 0 Å². The Kier molecular flexibility index (Phi) is 5.76. The lowest BCUT2D eigenvalue weighted by Gasteiger charge is -2.15. The van der Waals surface area contributed by atoms with Crippen LogP contribution in [0.4, 0.5) is 11.4 Å². The Labute approximate surface area is 187 Å². The molecule has 1 aromatic heterocycles. The first-order valence-corrected chi connectivity index (χ1v) is 10.5. The third-order valence-electron chi connectivity index (χ3n) is 4.25. The maximum atomic E-state index is 12.9. The summed E-state index contributed by atoms with van der Waals surface area (Å²) < 4.78 is 6.29. The maximum Gasteiger partial charge on any atom is 0.270 e. The summed E-state index contributed by atoms with van der Waals surface area (Å²) in [6.07, 6.45) is 1.68. The van der Waals surface area contributed by atoms with Crippen LogP contribution in [-0.2, 0) is 9.59 Å². The van der Waals surface area contributed by atoms with E-state index in [1.54, 1.807) is 42.5 Å². The fourth-order valence-corrected chi connectivity index (χ4v) is 4.41. The predicted octanol–water partition coefficient (Wildman–Crippen LogP) is 5.96. The van der Waals surface area contributed by atoms with Crippen LogP contribution in [0, 0.1) is 0 Å². The number of thioether (sulfide) groups is 1. The van der Waals surface area contributed by atoms with Gasteiger partial charge in [0.25, 0.3) is 5.91 Å². The quantitative estimate of drug-likeness (QED) is 0.389. The van der Waals surface area contributed by atoms with Gasteiger partial charge in [-0.3, -0.25) is 14.5 Å². The fraction of sp³-hybridized carbons (Fsp3) is 0.0455. The minimum atomic E-state index is -0.224. The highest BCUT2D eigenvalue weighted by atomic mass is 35.5. The van der Waals surface area contributed by atoms with Crippen molar-refractivity contribution in [3.05, 3.63) is 76.4 Å². The zero-order valence-corrected chi connectivity index (χ0v) is 18.1. The summed E-state index contributed by atoms with van der Waals surface area (Å²) in [5, 5.41) is 3.31. The van der Waals surface area contributed by atoms with Crippen LogP contribution in [0.25, 0.3) is 17.4 Å². The highest BCUT2D eigenvalue weighted by Crippen LogP contribution is 2.37. The van der Waals surface area contributed by atoms with Crippen molar-refractivity contribution in [2.45, 2.75) is 6.92 Å². The minimum Gasteiger partial charge on any atom is -0.457 e. The van der Waals surface area contributed by atoms with Crippen molar-refractivity contribution in [1.82, 2.24) is 0 Å². The summed E-state index contributed by atoms with van der Waals surface area (Å²) in [6, 6.07) is 17.9. The second-order valence-electron chi connectivity index (χ2n) is 6.46. The van der Waals surface area contributed by atoms with E-state index >= 15 is 0 Å². The van der Waals surface area contributed by atoms with Gasteiger partial charge in [-0.1, -0.05) is 47.7 Å². The van der Waals surface area contributed by atoms with E-state index < -0.39 is 0 Å². The Balaban J connectivity index is 1.55. The zero-order valence-electron chi connectivity index (χ0n) is 15.7. The molecule has 4 rings (SSSR count). The first kappa shape index (κ1) is 20.4. The number of amides is 2. The Morgan fingerprint density at radius 1 is 1.17 bits per heavy atom. The molecule has 0 bridgehead atoms. The van der Waals surface area contributed by atoms with E-state index in [-0.39, 0.29) is 11.8 Å². The topological polar surface area (TPSA) is 62.6 Å². The van der Waals surface area contributed by atoms with E-state index in [1.165, 1.54) is 23.6 Å². The van der Waals surface area contributed by atoms with Crippen LogP contribution in [-0.4, -0.2) is 16.1 Å². The molecule has 1 N–H and O–H groups in total. The highest BCUT2D eigenvalue weighted by molar-refractivity contribution is 8.27. The SMILES string of the molecule is CC(=O)Nc1ccc(N2C(=O)/C(=C\c3ccc(-c4cccc(Cl)c4)o3)SC2=S)cc1. The summed E-state index contributed by atoms with van der Waals surface area (Å²) in [5.41, 5.74) is 2.14. The Bertz CT molecular complexity index is 1190. The van der Waals surface area contributed by atoms with Gasteiger partial charge in [0.2, 0.25) is 5.91 Å². The average molecular weight is 455 g/mol. The monoisotopic (exact) mass is 454 g/mol. The molecule has 5 nitrogen and oxygen atoms in total. The number of anilines is 2. The Morgan fingerprint density at radius 3 is 2.63 bits per heavy atom. The molecule has 0 aliphatic carbocycles. The molecule has 0 radical (unpaired) electrons. The number of thiocarbonyl (C=S) groups is 1. The smallest absolute Gasteiger partial charge is 0.270 e. The predicted molar refractivity (Wildman–Crippen MR) is 126 cm³/mol. The largest absolute Gasteiger partial charge is 0.457 e. The van der Waals surface area contributed by atoms with Crippen molar-refractivity contribution in [3.63, 3.8) is 0 Å². The highest BCUT2D eigenvalue weighted by Gasteiger charge is 2.33. The number of hydrogen-bond acceptors (Lipinski definition) is 5. The molecular formula is C22H15ClN2O3S2. The Hall–Kier alpha value is -2.87. The molecule has 0 unspecified atom stereocenters. The summed E-state index contributed by atoms with van der Waals surface area (Å²) in [6.45, 7) is 1.44. The van der Waals surface area contributed by atoms with Gasteiger partial charge in [-0.25, -0.2) is 0 Å². The van der Waals surface area contributed by atoms with E-state index in [0.29, 0.717) is 37.1 Å². The van der Waals surface area contributed by atoms with Gasteiger partial charge in [-0.2, -0.15) is 0 Å². The van der Waals surface area contributed by atoms with Gasteiger partial charge in [-0.15, -0.1) is 0 Å². The van der Waals surface area contributed by atoms with Crippen LogP contribution in [0.2, 0.25) is 5.02 Å². The lowest BCUT2D eigenvalue weighted by molar-refractivity contribution is -0.114. The standard InChI is InChI=1S/C22H15ClN2O3S2/c1-13(26)24-16-5-7-17(8-6-16)25-21(27)20(30-22(25)29)12-18-9-10-19(28-18)14-3-2-4-15(23)11-14/h2-12H,1H3,(H,24,26)/b20-12+. The second kappa shape index (κ2) is 8.47. The van der Waals surface area contributed by atoms with Crippen LogP contribution < -0.4 is 10.2 Å². The van der Waals surface area contributed by atoms with Crippen molar-refractivity contribution < 1.29 is 14.0 Å². The fourth-order valence-electron chi connectivity index (χ4n) is 2.94. The molecule has 2 aromatic carbocycles. The van der Waals surface area contributed by atoms with Gasteiger partial charge < -0.3 is 9.73 Å². The van der Waals surface area contributed by atoms with Gasteiger partial charge in [0.05, 0.1) is 10.6 Å². The van der Waals surface area contributed by atoms with Crippen molar-refractivity contribution in [1.29, 1.82) is 0 Å². The van der Waals surface area contributed by atoms with Crippen LogP contribution in [0.1, 0.15) is 12.7 Å². The van der Waals surface area contributed by atoms with Crippen molar-refractivity contribution in [2.24, 2.45) is 0 Å². The molecule has 3 aromatic rings. The zero-order chi connectivity index (χ0) is 21.3. The van der Waals surface area contributed by atoms with E-state index in [9.17, 15) is 9.59 Å². The van der Waals surface area contributed by atoms with Crippen LogP contribution in [0.15, 0.2) is 70.0 Å². The van der Waals surface area contributed by atoms with Gasteiger partial charge in [-0.05, 0) is 48.5 Å². The van der Waals surface area contributed by atoms with Crippen LogP contribution >= 0.6 is 35.6 Å². The van der Waals surface area contributed by atoms with Gasteiger partial charge in [0.15, 0.2) is 4.32 Å². The summed E-state index contributed by atoms with van der Waals surface area (Å²) in [4.78, 5) is 26.0. The molecule has 0 saturated carbocycles. The number of hydrogen-bond donors (Lipinski definition) is 1. The molecule has 1 saturated heterocycles. The Morgan fingerprint density at radius 2 is 1.93 bits per heavy atom. The van der Waals surface area contributed by atoms with Crippen LogP contribution in [0.3, 0.4) is 0 Å². The number of rotatable bonds is 4. The molecule has 1 aliphatic rings. The third-order valence-corrected chi connectivity index (χ3v) is 5.79. The molecule has 1 fully saturated rings. The molecule has 0 atom stereocenters. The first-order chi connectivity index (χ1) is 14.4. The lowest BCUT2D eigenvalue weighted by atomic mass is 10.2. The summed E-state index contributed by atoms with van der Waals surface area (Å²) >= 11 is 12.7. The van der Waals surface area contributed by atoms with Gasteiger partial charge in [0, 0.05) is 29.3 Å². The molecule has 8 heteroatoms. The van der Waals surface area contributed by atoms with Crippen molar-refractivity contribution in [3.8, 4) is 11.3 Å². The normalized spacial score (nSPS) is 15.1. The number of furan rings is 1. The number of carbonyl (C=O) groups excluding carboxylic acids is 2. The molecule has 0 spiro atoms. The average Bonchev–Trinajstić information content (AvgIpc) is 3.27. The molecule has 2 heterocycles. The third kappa shape index (κ3) is 4.33. The minimum absolute atomic E-state index is 0.160. The van der Waals surface area contributed by atoms with E-state index in [4.69, 9.17) is 28.2 Å². The molecule has 2 amide bonds. The van der Waals surface area contributed by atoms with Crippen molar-refractivity contribution >= 4 is 69.2 Å².